The van der Waals surface area contributed by atoms with E-state index in [9.17, 15) is 9.90 Å². The van der Waals surface area contributed by atoms with E-state index in [4.69, 9.17) is 4.74 Å². The molecule has 0 bridgehead atoms. The van der Waals surface area contributed by atoms with Crippen molar-refractivity contribution < 1.29 is 14.6 Å². The summed E-state index contributed by atoms with van der Waals surface area (Å²) in [5.74, 6) is -0.0922. The van der Waals surface area contributed by atoms with E-state index in [1.807, 2.05) is 5.38 Å². The highest BCUT2D eigenvalue weighted by atomic mass is 32.1. The average molecular weight is 277 g/mol. The lowest BCUT2D eigenvalue weighted by Gasteiger charge is -2.18. The van der Waals surface area contributed by atoms with E-state index >= 15 is 0 Å². The van der Waals surface area contributed by atoms with Crippen molar-refractivity contribution in [3.05, 3.63) is 35.3 Å². The lowest BCUT2D eigenvalue weighted by atomic mass is 9.90. The Morgan fingerprint density at radius 2 is 1.95 bits per heavy atom. The van der Waals surface area contributed by atoms with Crippen molar-refractivity contribution in [1.29, 1.82) is 0 Å². The van der Waals surface area contributed by atoms with E-state index < -0.39 is 5.41 Å². The van der Waals surface area contributed by atoms with Gasteiger partial charge in [0.1, 0.15) is 16.2 Å². The van der Waals surface area contributed by atoms with Crippen molar-refractivity contribution in [2.24, 2.45) is 0 Å². The molecule has 0 unspecified atom stereocenters. The van der Waals surface area contributed by atoms with Crippen LogP contribution in [0.5, 0.6) is 5.75 Å². The third kappa shape index (κ3) is 2.61. The summed E-state index contributed by atoms with van der Waals surface area (Å²) in [5, 5.41) is 11.9. The molecule has 100 valence electrons. The van der Waals surface area contributed by atoms with Crippen LogP contribution in [0.3, 0.4) is 0 Å². The van der Waals surface area contributed by atoms with Gasteiger partial charge in [-0.05, 0) is 38.1 Å². The van der Waals surface area contributed by atoms with Gasteiger partial charge in [-0.2, -0.15) is 0 Å². The zero-order chi connectivity index (χ0) is 14.0. The van der Waals surface area contributed by atoms with Gasteiger partial charge in [0.15, 0.2) is 0 Å². The number of methoxy groups -OCH3 is 1. The van der Waals surface area contributed by atoms with Crippen LogP contribution in [0.25, 0.3) is 10.6 Å². The lowest BCUT2D eigenvalue weighted by molar-refractivity contribution is -0.146. The number of aromatic nitrogens is 1. The minimum Gasteiger partial charge on any atom is -0.508 e. The van der Waals surface area contributed by atoms with Crippen molar-refractivity contribution in [2.45, 2.75) is 19.3 Å². The topological polar surface area (TPSA) is 59.4 Å². The predicted molar refractivity (Wildman–Crippen MR) is 74.3 cm³/mol. The van der Waals surface area contributed by atoms with E-state index in [2.05, 4.69) is 4.98 Å². The molecule has 0 saturated heterocycles. The van der Waals surface area contributed by atoms with Crippen molar-refractivity contribution in [1.82, 2.24) is 4.98 Å². The Kier molecular flexibility index (Phi) is 3.57. The van der Waals surface area contributed by atoms with Gasteiger partial charge in [0, 0.05) is 10.9 Å². The molecule has 1 heterocycles. The molecule has 2 rings (SSSR count). The van der Waals surface area contributed by atoms with Crippen LogP contribution in [0.4, 0.5) is 0 Å². The molecule has 1 aromatic heterocycles. The molecule has 0 aliphatic carbocycles. The Morgan fingerprint density at radius 1 is 1.32 bits per heavy atom. The first-order valence-corrected chi connectivity index (χ1v) is 6.67. The number of phenols is 1. The number of carbonyl (C=O) groups excluding carboxylic acids is 1. The van der Waals surface area contributed by atoms with Crippen LogP contribution in [0.15, 0.2) is 29.6 Å². The van der Waals surface area contributed by atoms with Crippen LogP contribution >= 0.6 is 11.3 Å². The number of thiazole rings is 1. The molecule has 0 saturated carbocycles. The predicted octanol–water partition coefficient (Wildman–Crippen LogP) is 2.97. The molecule has 1 aromatic carbocycles. The van der Waals surface area contributed by atoms with Gasteiger partial charge in [-0.3, -0.25) is 4.79 Å². The Balaban J connectivity index is 2.34. The fourth-order valence-corrected chi connectivity index (χ4v) is 2.65. The number of nitrogens with zero attached hydrogens (tertiary/aromatic N) is 1. The fraction of sp³-hybridized carbons (Fsp3) is 0.286. The highest BCUT2D eigenvalue weighted by Crippen LogP contribution is 2.31. The van der Waals surface area contributed by atoms with Crippen LogP contribution in [-0.2, 0) is 14.9 Å². The van der Waals surface area contributed by atoms with Crippen molar-refractivity contribution in [3.63, 3.8) is 0 Å². The van der Waals surface area contributed by atoms with Gasteiger partial charge in [-0.1, -0.05) is 0 Å². The highest BCUT2D eigenvalue weighted by molar-refractivity contribution is 7.13. The molecule has 0 spiro atoms. The first kappa shape index (κ1) is 13.5. The zero-order valence-electron chi connectivity index (χ0n) is 11.0. The maximum absolute atomic E-state index is 11.7. The second-order valence-corrected chi connectivity index (χ2v) is 5.56. The standard InChI is InChI=1S/C14H15NO3S/c1-14(2,13(17)18-3)11-8-19-12(15-11)9-4-6-10(16)7-5-9/h4-8,16H,1-3H3. The number of aromatic hydroxyl groups is 1. The SMILES string of the molecule is COC(=O)C(C)(C)c1csc(-c2ccc(O)cc2)n1. The van der Waals surface area contributed by atoms with Crippen LogP contribution < -0.4 is 0 Å². The monoisotopic (exact) mass is 277 g/mol. The summed E-state index contributed by atoms with van der Waals surface area (Å²) < 4.78 is 4.79. The van der Waals surface area contributed by atoms with Gasteiger partial charge < -0.3 is 9.84 Å². The lowest BCUT2D eigenvalue weighted by Crippen LogP contribution is -2.30. The van der Waals surface area contributed by atoms with Gasteiger partial charge in [0.05, 0.1) is 12.8 Å². The maximum Gasteiger partial charge on any atom is 0.317 e. The van der Waals surface area contributed by atoms with Gasteiger partial charge in [0.25, 0.3) is 0 Å². The Morgan fingerprint density at radius 3 is 2.53 bits per heavy atom. The fourth-order valence-electron chi connectivity index (χ4n) is 1.66. The number of ether oxygens (including phenoxy) is 1. The molecule has 5 heteroatoms. The summed E-state index contributed by atoms with van der Waals surface area (Å²) in [6.07, 6.45) is 0. The largest absolute Gasteiger partial charge is 0.508 e. The molecule has 2 aromatic rings. The number of hydrogen-bond acceptors (Lipinski definition) is 5. The number of carbonyl (C=O) groups is 1. The van der Waals surface area contributed by atoms with Crippen LogP contribution in [0.2, 0.25) is 0 Å². The molecular formula is C14H15NO3S. The Labute approximate surface area is 115 Å². The normalized spacial score (nSPS) is 11.3. The number of esters is 1. The Hall–Kier alpha value is -1.88. The number of hydrogen-bond donors (Lipinski definition) is 1. The van der Waals surface area contributed by atoms with E-state index in [-0.39, 0.29) is 11.7 Å². The van der Waals surface area contributed by atoms with Crippen LogP contribution in [0, 0.1) is 0 Å². The van der Waals surface area contributed by atoms with Gasteiger partial charge >= 0.3 is 5.97 Å². The molecule has 1 N–H and O–H groups in total. The molecule has 0 radical (unpaired) electrons. The highest BCUT2D eigenvalue weighted by Gasteiger charge is 2.33. The molecule has 4 nitrogen and oxygen atoms in total. The summed E-state index contributed by atoms with van der Waals surface area (Å²) >= 11 is 1.46. The third-order valence-electron chi connectivity index (χ3n) is 2.95. The van der Waals surface area contributed by atoms with Gasteiger partial charge in [-0.25, -0.2) is 4.98 Å². The van der Waals surface area contributed by atoms with Crippen molar-refractivity contribution in [2.75, 3.05) is 7.11 Å². The van der Waals surface area contributed by atoms with Gasteiger partial charge in [-0.15, -0.1) is 11.3 Å². The van der Waals surface area contributed by atoms with E-state index in [0.29, 0.717) is 5.69 Å². The van der Waals surface area contributed by atoms with E-state index in [0.717, 1.165) is 10.6 Å². The zero-order valence-corrected chi connectivity index (χ0v) is 11.8. The minimum atomic E-state index is -0.763. The number of benzene rings is 1. The minimum absolute atomic E-state index is 0.218. The Bertz CT molecular complexity index is 587. The van der Waals surface area contributed by atoms with Gasteiger partial charge in [0.2, 0.25) is 0 Å². The second-order valence-electron chi connectivity index (χ2n) is 4.70. The summed E-state index contributed by atoms with van der Waals surface area (Å²) in [7, 11) is 1.37. The first-order chi connectivity index (χ1) is 8.95. The van der Waals surface area contributed by atoms with Crippen molar-refractivity contribution >= 4 is 17.3 Å². The second kappa shape index (κ2) is 5.01. The number of phenolic OH excluding ortho intramolecular Hbond substituents is 1. The molecule has 0 amide bonds. The van der Waals surface area contributed by atoms with Crippen LogP contribution in [0.1, 0.15) is 19.5 Å². The van der Waals surface area contributed by atoms with Crippen molar-refractivity contribution in [3.8, 4) is 16.3 Å². The smallest absolute Gasteiger partial charge is 0.317 e. The molecule has 0 atom stereocenters. The maximum atomic E-state index is 11.7. The van der Waals surface area contributed by atoms with Crippen LogP contribution in [-0.4, -0.2) is 23.2 Å². The average Bonchev–Trinajstić information content (AvgIpc) is 2.88. The molecule has 19 heavy (non-hydrogen) atoms. The first-order valence-electron chi connectivity index (χ1n) is 5.79. The molecule has 0 fully saturated rings. The molecule has 0 aliphatic rings. The summed E-state index contributed by atoms with van der Waals surface area (Å²) in [5.41, 5.74) is 0.836. The molecular weight excluding hydrogens is 262 g/mol. The number of rotatable bonds is 3. The summed E-state index contributed by atoms with van der Waals surface area (Å²) in [6.45, 7) is 3.57. The molecule has 0 aliphatic heterocycles. The summed E-state index contributed by atoms with van der Waals surface area (Å²) in [4.78, 5) is 16.2. The summed E-state index contributed by atoms with van der Waals surface area (Å²) in [6, 6.07) is 6.82. The van der Waals surface area contributed by atoms with E-state index in [1.165, 1.54) is 18.4 Å². The quantitative estimate of drug-likeness (QED) is 0.876. The van der Waals surface area contributed by atoms with E-state index in [1.54, 1.807) is 38.1 Å². The third-order valence-corrected chi connectivity index (χ3v) is 3.85.